The van der Waals surface area contributed by atoms with E-state index in [4.69, 9.17) is 5.73 Å². The molecule has 4 rings (SSSR count). The second-order valence-corrected chi connectivity index (χ2v) is 6.88. The number of imidazole rings is 1. The van der Waals surface area contributed by atoms with Crippen molar-refractivity contribution in [3.8, 4) is 11.5 Å². The van der Waals surface area contributed by atoms with Gasteiger partial charge in [-0.15, -0.1) is 0 Å². The maximum atomic E-state index is 13.4. The van der Waals surface area contributed by atoms with E-state index in [2.05, 4.69) is 20.3 Å². The van der Waals surface area contributed by atoms with Crippen molar-refractivity contribution in [1.82, 2.24) is 19.4 Å². The third kappa shape index (κ3) is 4.09. The van der Waals surface area contributed by atoms with Crippen LogP contribution in [0.3, 0.4) is 0 Å². The molecular weight excluding hydrogens is 402 g/mol. The maximum Gasteiger partial charge on any atom is 0.508 e. The van der Waals surface area contributed by atoms with Gasteiger partial charge in [0.1, 0.15) is 23.0 Å². The first-order valence-corrected chi connectivity index (χ1v) is 9.35. The van der Waals surface area contributed by atoms with Crippen LogP contribution in [-0.2, 0) is 6.54 Å². The fourth-order valence-electron chi connectivity index (χ4n) is 3.28. The van der Waals surface area contributed by atoms with Crippen LogP contribution in [0.25, 0.3) is 17.2 Å². The Kier molecular flexibility index (Phi) is 5.36. The monoisotopic (exact) mass is 420 g/mol. The highest BCUT2D eigenvalue weighted by molar-refractivity contribution is 6.57. The molecule has 11 heteroatoms. The molecule has 31 heavy (non-hydrogen) atoms. The van der Waals surface area contributed by atoms with Gasteiger partial charge in [0.2, 0.25) is 0 Å². The summed E-state index contributed by atoms with van der Waals surface area (Å²) in [5.41, 5.74) is 7.66. The predicted octanol–water partition coefficient (Wildman–Crippen LogP) is 0.630. The number of halogens is 1. The second-order valence-electron chi connectivity index (χ2n) is 6.88. The number of aromatic nitrogens is 4. The molecule has 0 spiro atoms. The molecule has 0 atom stereocenters. The van der Waals surface area contributed by atoms with Gasteiger partial charge < -0.3 is 21.1 Å². The van der Waals surface area contributed by atoms with Gasteiger partial charge in [-0.3, -0.25) is 9.20 Å². The minimum atomic E-state index is -1.84. The third-order valence-electron chi connectivity index (χ3n) is 4.67. The fourth-order valence-corrected chi connectivity index (χ4v) is 3.28. The quantitative estimate of drug-likeness (QED) is 0.336. The Bertz CT molecular complexity index is 1290. The molecular formula is C20H18BFN6O3. The topological polar surface area (TPSA) is 139 Å². The van der Waals surface area contributed by atoms with Gasteiger partial charge in [-0.05, 0) is 42.8 Å². The molecule has 0 aliphatic rings. The molecule has 0 radical (unpaired) electrons. The van der Waals surface area contributed by atoms with E-state index in [1.807, 2.05) is 0 Å². The summed E-state index contributed by atoms with van der Waals surface area (Å²) in [4.78, 5) is 24.9. The summed E-state index contributed by atoms with van der Waals surface area (Å²) >= 11 is 0. The number of amides is 1. The van der Waals surface area contributed by atoms with Crippen molar-refractivity contribution in [3.63, 3.8) is 0 Å². The maximum absolute atomic E-state index is 13.4. The minimum Gasteiger partial charge on any atom is -0.422 e. The van der Waals surface area contributed by atoms with Crippen LogP contribution in [0.5, 0.6) is 0 Å². The number of nitrogens with one attached hydrogen (secondary N) is 1. The molecule has 5 N–H and O–H groups in total. The minimum absolute atomic E-state index is 0.0350. The zero-order valence-electron chi connectivity index (χ0n) is 16.5. The lowest BCUT2D eigenvalue weighted by atomic mass is 9.86. The number of carbonyl (C=O) groups is 1. The molecule has 0 saturated carbocycles. The van der Waals surface area contributed by atoms with Crippen LogP contribution in [-0.4, -0.2) is 42.4 Å². The zero-order valence-corrected chi connectivity index (χ0v) is 16.5. The van der Waals surface area contributed by atoms with Crippen LogP contribution in [0.15, 0.2) is 48.7 Å². The van der Waals surface area contributed by atoms with Crippen LogP contribution < -0.4 is 16.6 Å². The molecule has 0 aliphatic carbocycles. The van der Waals surface area contributed by atoms with E-state index in [0.29, 0.717) is 28.4 Å². The number of aryl methyl sites for hydroxylation is 1. The molecule has 0 saturated heterocycles. The summed E-state index contributed by atoms with van der Waals surface area (Å²) in [5.74, 6) is -0.516. The van der Waals surface area contributed by atoms with Crippen molar-refractivity contribution >= 4 is 30.1 Å². The smallest absolute Gasteiger partial charge is 0.422 e. The van der Waals surface area contributed by atoms with Gasteiger partial charge in [-0.2, -0.15) is 0 Å². The van der Waals surface area contributed by atoms with Crippen molar-refractivity contribution < 1.29 is 19.2 Å². The summed E-state index contributed by atoms with van der Waals surface area (Å²) in [6.45, 7) is 1.98. The van der Waals surface area contributed by atoms with Gasteiger partial charge in [0.15, 0.2) is 5.82 Å². The molecule has 1 aromatic carbocycles. The molecule has 9 nitrogen and oxygen atoms in total. The molecule has 4 aromatic rings. The van der Waals surface area contributed by atoms with E-state index in [9.17, 15) is 19.2 Å². The number of hydrogen-bond donors (Lipinski definition) is 4. The first kappa shape index (κ1) is 20.4. The largest absolute Gasteiger partial charge is 0.508 e. The highest BCUT2D eigenvalue weighted by Crippen LogP contribution is 2.24. The lowest BCUT2D eigenvalue weighted by Gasteiger charge is -2.11. The highest BCUT2D eigenvalue weighted by Gasteiger charge is 2.22. The Morgan fingerprint density at radius 3 is 2.71 bits per heavy atom. The van der Waals surface area contributed by atoms with Crippen LogP contribution in [0.1, 0.15) is 21.6 Å². The number of benzene rings is 1. The lowest BCUT2D eigenvalue weighted by Crippen LogP contribution is -2.33. The second kappa shape index (κ2) is 8.13. The van der Waals surface area contributed by atoms with Crippen LogP contribution in [0, 0.1) is 12.7 Å². The number of nitrogens with two attached hydrogens (primary N) is 1. The predicted molar refractivity (Wildman–Crippen MR) is 113 cm³/mol. The van der Waals surface area contributed by atoms with Crippen LogP contribution >= 0.6 is 0 Å². The molecule has 3 heterocycles. The van der Waals surface area contributed by atoms with E-state index in [0.717, 1.165) is 0 Å². The SMILES string of the molecule is Cc1nc2c(C(N)=O)cccn2c1-c1nc(NCc2cccc(F)c2)cc(B(O)O)n1. The van der Waals surface area contributed by atoms with Gasteiger partial charge in [0, 0.05) is 12.7 Å². The van der Waals surface area contributed by atoms with E-state index in [1.165, 1.54) is 18.2 Å². The Balaban J connectivity index is 1.79. The normalized spacial score (nSPS) is 11.0. The molecule has 1 amide bonds. The highest BCUT2D eigenvalue weighted by atomic mass is 19.1. The average Bonchev–Trinajstić information content (AvgIpc) is 3.07. The molecule has 156 valence electrons. The number of primary amides is 1. The summed E-state index contributed by atoms with van der Waals surface area (Å²) in [6, 6.07) is 10.7. The number of hydrogen-bond acceptors (Lipinski definition) is 7. The van der Waals surface area contributed by atoms with Gasteiger partial charge in [0.25, 0.3) is 5.91 Å². The Morgan fingerprint density at radius 2 is 2.00 bits per heavy atom. The van der Waals surface area contributed by atoms with Crippen LogP contribution in [0.4, 0.5) is 10.2 Å². The van der Waals surface area contributed by atoms with E-state index in [-0.39, 0.29) is 29.3 Å². The summed E-state index contributed by atoms with van der Waals surface area (Å²) in [6.07, 6.45) is 1.68. The molecule has 0 unspecified atom stereocenters. The van der Waals surface area contributed by atoms with E-state index < -0.39 is 13.0 Å². The van der Waals surface area contributed by atoms with Gasteiger partial charge in [0.05, 0.1) is 16.9 Å². The van der Waals surface area contributed by atoms with Crippen molar-refractivity contribution in [2.24, 2.45) is 5.73 Å². The number of pyridine rings is 1. The van der Waals surface area contributed by atoms with Gasteiger partial charge in [-0.25, -0.2) is 19.3 Å². The number of carbonyl (C=O) groups excluding carboxylic acids is 1. The summed E-state index contributed by atoms with van der Waals surface area (Å²) < 4.78 is 15.1. The standard InChI is InChI=1S/C20H18BFN6O3/c1-11-17(28-7-3-6-14(18(23)29)20(28)25-11)19-26-15(21(30)31)9-16(27-19)24-10-12-4-2-5-13(22)8-12/h2-9,30-31H,10H2,1H3,(H2,23,29)(H,24,26,27). The molecule has 3 aromatic heterocycles. The van der Waals surface area contributed by atoms with Crippen LogP contribution in [0.2, 0.25) is 0 Å². The molecule has 0 aliphatic heterocycles. The van der Waals surface area contributed by atoms with Crippen molar-refractivity contribution in [1.29, 1.82) is 0 Å². The van der Waals surface area contributed by atoms with Gasteiger partial charge in [-0.1, -0.05) is 12.1 Å². The van der Waals surface area contributed by atoms with Crippen molar-refractivity contribution in [2.75, 3.05) is 5.32 Å². The average molecular weight is 420 g/mol. The zero-order chi connectivity index (χ0) is 22.1. The van der Waals surface area contributed by atoms with Crippen molar-refractivity contribution in [2.45, 2.75) is 13.5 Å². The van der Waals surface area contributed by atoms with E-state index in [1.54, 1.807) is 41.8 Å². The molecule has 0 bridgehead atoms. The summed E-state index contributed by atoms with van der Waals surface area (Å²) in [7, 11) is -1.84. The Labute approximate surface area is 176 Å². The lowest BCUT2D eigenvalue weighted by molar-refractivity contribution is 0.100. The number of anilines is 1. The van der Waals surface area contributed by atoms with Crippen molar-refractivity contribution in [3.05, 3.63) is 71.3 Å². The third-order valence-corrected chi connectivity index (χ3v) is 4.67. The first-order valence-electron chi connectivity index (χ1n) is 9.35. The Hall–Kier alpha value is -3.83. The number of rotatable bonds is 6. The Morgan fingerprint density at radius 1 is 1.19 bits per heavy atom. The number of nitrogens with zero attached hydrogens (tertiary/aromatic N) is 4. The first-order chi connectivity index (χ1) is 14.8. The van der Waals surface area contributed by atoms with Gasteiger partial charge >= 0.3 is 7.12 Å². The van der Waals surface area contributed by atoms with E-state index >= 15 is 0 Å². The number of fused-ring (bicyclic) bond motifs is 1. The molecule has 0 fully saturated rings. The fraction of sp³-hybridized carbons (Fsp3) is 0.100. The summed E-state index contributed by atoms with van der Waals surface area (Å²) in [5, 5.41) is 22.4.